The summed E-state index contributed by atoms with van der Waals surface area (Å²) in [4.78, 5) is 7.58. The topological polar surface area (TPSA) is 126 Å². The minimum absolute atomic E-state index is 0. The third-order valence-corrected chi connectivity index (χ3v) is 9.42. The van der Waals surface area contributed by atoms with E-state index >= 15 is 0 Å². The van der Waals surface area contributed by atoms with Crippen molar-refractivity contribution in [1.82, 2.24) is 35.0 Å². The minimum atomic E-state index is 0. The molecule has 11 rings (SSSR count). The maximum Gasteiger partial charge on any atom is 0.231 e. The standard InChI is InChI=1S/2C17H12N3O.C13H9NO2.Ir/c2*1-21-17-11-10-16(12-6-2-3-7-13(12)17)20-18-14-8-4-5-9-15(14)19-20;15-11-7-3-1-5-9(11)13-14-10-6-2-4-8-12(10)16-13;/h2*2-9,11H,1H3;1-8,15H;/q2*-1;;. The van der Waals surface area contributed by atoms with Gasteiger partial charge >= 0.3 is 0 Å². The molecule has 1 N–H and O–H groups in total. The summed E-state index contributed by atoms with van der Waals surface area (Å²) in [6, 6.07) is 56.3. The molecule has 3 aromatic heterocycles. The van der Waals surface area contributed by atoms with Crippen LogP contribution in [-0.4, -0.2) is 54.3 Å². The number of hydrogen-bond donors (Lipinski definition) is 1. The Morgan fingerprint density at radius 3 is 1.32 bits per heavy atom. The third kappa shape index (κ3) is 7.70. The van der Waals surface area contributed by atoms with Gasteiger partial charge in [0.1, 0.15) is 33.3 Å². The van der Waals surface area contributed by atoms with Crippen molar-refractivity contribution < 1.29 is 39.1 Å². The average molecular weight is 952 g/mol. The molecule has 12 heteroatoms. The summed E-state index contributed by atoms with van der Waals surface area (Å²) in [5.74, 6) is 2.21. The molecule has 0 aliphatic rings. The van der Waals surface area contributed by atoms with Gasteiger partial charge in [-0.3, -0.25) is 0 Å². The van der Waals surface area contributed by atoms with Gasteiger partial charge in [-0.25, -0.2) is 4.98 Å². The molecule has 1 radical (unpaired) electrons. The first-order valence-electron chi connectivity index (χ1n) is 18.3. The third-order valence-electron chi connectivity index (χ3n) is 9.42. The largest absolute Gasteiger partial charge is 0.554 e. The number of aromatic hydroxyl groups is 1. The van der Waals surface area contributed by atoms with Crippen molar-refractivity contribution in [3.8, 4) is 40.1 Å². The quantitative estimate of drug-likeness (QED) is 0.168. The Kier molecular flexibility index (Phi) is 11.1. The van der Waals surface area contributed by atoms with E-state index in [0.29, 0.717) is 11.5 Å². The van der Waals surface area contributed by atoms with Gasteiger partial charge in [0.05, 0.1) is 19.8 Å². The van der Waals surface area contributed by atoms with Crippen LogP contribution in [0, 0.1) is 12.1 Å². The Labute approximate surface area is 351 Å². The molecule has 11 nitrogen and oxygen atoms in total. The zero-order chi connectivity index (χ0) is 39.4. The van der Waals surface area contributed by atoms with Crippen molar-refractivity contribution in [2.45, 2.75) is 0 Å². The zero-order valence-electron chi connectivity index (χ0n) is 31.6. The van der Waals surface area contributed by atoms with E-state index in [-0.39, 0.29) is 25.9 Å². The summed E-state index contributed by atoms with van der Waals surface area (Å²) in [5, 5.41) is 31.8. The van der Waals surface area contributed by atoms with Crippen molar-refractivity contribution in [2.24, 2.45) is 0 Å². The molecule has 0 aliphatic heterocycles. The average Bonchev–Trinajstić information content (AvgIpc) is 4.03. The number of aromatic nitrogens is 7. The molecule has 0 spiro atoms. The number of fused-ring (bicyclic) bond motifs is 5. The number of rotatable bonds is 5. The summed E-state index contributed by atoms with van der Waals surface area (Å²) < 4.78 is 16.4. The Hall–Kier alpha value is -7.40. The van der Waals surface area contributed by atoms with Gasteiger partial charge in [0.25, 0.3) is 0 Å². The zero-order valence-corrected chi connectivity index (χ0v) is 34.0. The molecule has 8 aromatic carbocycles. The molecule has 59 heavy (non-hydrogen) atoms. The fourth-order valence-corrected chi connectivity index (χ4v) is 6.62. The molecule has 0 aliphatic carbocycles. The predicted octanol–water partition coefficient (Wildman–Crippen LogP) is 9.96. The second kappa shape index (κ2) is 17.0. The Balaban J connectivity index is 0.000000123. The smallest absolute Gasteiger partial charge is 0.231 e. The SMILES string of the molecule is COc1c[c-]c(-n2nc3ccccc3n2)c2ccccc12.COc1c[c-]c(-n2nc3ccccc3n2)c2ccccc12.Oc1ccccc1-c1nc2ccccc2o1.[Ir]. The fraction of sp³-hybridized carbons (Fsp3) is 0.0426. The van der Waals surface area contributed by atoms with E-state index < -0.39 is 0 Å². The number of nitrogens with zero attached hydrogens (tertiary/aromatic N) is 7. The van der Waals surface area contributed by atoms with Crippen molar-refractivity contribution in [3.05, 3.63) is 170 Å². The molecule has 0 unspecified atom stereocenters. The van der Waals surface area contributed by atoms with Crippen LogP contribution in [0.2, 0.25) is 0 Å². The van der Waals surface area contributed by atoms with Crippen LogP contribution < -0.4 is 9.47 Å². The number of ether oxygens (including phenoxy) is 2. The van der Waals surface area contributed by atoms with Gasteiger partial charge in [-0.2, -0.15) is 42.1 Å². The second-order valence-electron chi connectivity index (χ2n) is 13.0. The van der Waals surface area contributed by atoms with Crippen molar-refractivity contribution >= 4 is 54.7 Å². The van der Waals surface area contributed by atoms with Gasteiger partial charge in [0.15, 0.2) is 5.58 Å². The van der Waals surface area contributed by atoms with Gasteiger partial charge in [-0.1, -0.05) is 106 Å². The van der Waals surface area contributed by atoms with Crippen molar-refractivity contribution in [3.63, 3.8) is 0 Å². The Morgan fingerprint density at radius 1 is 0.492 bits per heavy atom. The number of para-hydroxylation sites is 3. The fourth-order valence-electron chi connectivity index (χ4n) is 6.62. The van der Waals surface area contributed by atoms with Crippen LogP contribution in [0.4, 0.5) is 0 Å². The van der Waals surface area contributed by atoms with E-state index in [1.165, 1.54) is 0 Å². The number of benzene rings is 8. The molecule has 0 amide bonds. The van der Waals surface area contributed by atoms with E-state index in [2.05, 4.69) is 37.5 Å². The molecule has 3 heterocycles. The van der Waals surface area contributed by atoms with Crippen LogP contribution in [0.3, 0.4) is 0 Å². The van der Waals surface area contributed by atoms with E-state index in [9.17, 15) is 5.11 Å². The summed E-state index contributed by atoms with van der Waals surface area (Å²) in [6.07, 6.45) is 0. The number of phenolic OH excluding ortho intramolecular Hbond substituents is 1. The van der Waals surface area contributed by atoms with Crippen LogP contribution in [0.15, 0.2) is 162 Å². The Morgan fingerprint density at radius 2 is 0.881 bits per heavy atom. The maximum absolute atomic E-state index is 9.69. The Bertz CT molecular complexity index is 2960. The monoisotopic (exact) mass is 952 g/mol. The molecule has 0 atom stereocenters. The number of phenols is 1. The molecule has 0 saturated heterocycles. The van der Waals surface area contributed by atoms with Crippen molar-refractivity contribution in [1.29, 1.82) is 0 Å². The van der Waals surface area contributed by atoms with Gasteiger partial charge < -0.3 is 19.0 Å². The van der Waals surface area contributed by atoms with Crippen molar-refractivity contribution in [2.75, 3.05) is 14.2 Å². The molecule has 0 saturated carbocycles. The predicted molar refractivity (Wildman–Crippen MR) is 225 cm³/mol. The summed E-state index contributed by atoms with van der Waals surface area (Å²) in [5.41, 5.74) is 7.23. The normalized spacial score (nSPS) is 10.8. The van der Waals surface area contributed by atoms with Crippen LogP contribution in [0.1, 0.15) is 0 Å². The first-order valence-corrected chi connectivity index (χ1v) is 18.3. The number of oxazole rings is 1. The van der Waals surface area contributed by atoms with Crippen LogP contribution in [0.25, 0.3) is 77.5 Å². The van der Waals surface area contributed by atoms with Gasteiger partial charge in [-0.15, -0.1) is 24.3 Å². The van der Waals surface area contributed by atoms with Gasteiger partial charge in [-0.05, 0) is 59.9 Å². The minimum Gasteiger partial charge on any atom is -0.554 e. The summed E-state index contributed by atoms with van der Waals surface area (Å²) in [7, 11) is 3.32. The van der Waals surface area contributed by atoms with Crippen LogP contribution in [-0.2, 0) is 20.1 Å². The molecular weight excluding hydrogens is 919 g/mol. The molecular formula is C47H33IrN7O4-2. The first kappa shape index (κ1) is 38.5. The first-order chi connectivity index (χ1) is 28.6. The van der Waals surface area contributed by atoms with Crippen LogP contribution in [0.5, 0.6) is 17.2 Å². The number of hydrogen-bond acceptors (Lipinski definition) is 9. The van der Waals surface area contributed by atoms with Gasteiger partial charge in [0, 0.05) is 31.6 Å². The van der Waals surface area contributed by atoms with E-state index in [4.69, 9.17) is 13.9 Å². The second-order valence-corrected chi connectivity index (χ2v) is 13.0. The number of methoxy groups -OCH3 is 2. The summed E-state index contributed by atoms with van der Waals surface area (Å²) >= 11 is 0. The van der Waals surface area contributed by atoms with E-state index in [1.54, 1.807) is 42.0 Å². The molecule has 291 valence electrons. The van der Waals surface area contributed by atoms with E-state index in [0.717, 1.165) is 77.6 Å². The molecule has 0 fully saturated rings. The van der Waals surface area contributed by atoms with E-state index in [1.807, 2.05) is 140 Å². The summed E-state index contributed by atoms with van der Waals surface area (Å²) in [6.45, 7) is 0. The molecule has 11 aromatic rings. The maximum atomic E-state index is 9.69. The molecule has 0 bridgehead atoms. The van der Waals surface area contributed by atoms with Crippen LogP contribution >= 0.6 is 0 Å². The van der Waals surface area contributed by atoms with Gasteiger partial charge in [0.2, 0.25) is 5.89 Å².